The number of primary amides is 2. The zero-order valence-electron chi connectivity index (χ0n) is 22.8. The highest BCUT2D eigenvalue weighted by molar-refractivity contribution is 5.97. The number of ether oxygens (including phenoxy) is 2. The van der Waals surface area contributed by atoms with E-state index in [1.807, 2.05) is 49.4 Å². The summed E-state index contributed by atoms with van der Waals surface area (Å²) in [7, 11) is 0. The van der Waals surface area contributed by atoms with E-state index in [2.05, 4.69) is 5.43 Å². The first-order valence-electron chi connectivity index (χ1n) is 13.7. The molecule has 0 saturated carbocycles. The second-order valence-electron chi connectivity index (χ2n) is 10.4. The van der Waals surface area contributed by atoms with Gasteiger partial charge in [-0.05, 0) is 54.9 Å². The third-order valence-electron chi connectivity index (χ3n) is 7.40. The van der Waals surface area contributed by atoms with Gasteiger partial charge in [0.25, 0.3) is 0 Å². The molecular weight excluding hydrogens is 514 g/mol. The molecule has 2 heterocycles. The molecule has 0 saturated heterocycles. The lowest BCUT2D eigenvalue weighted by molar-refractivity contribution is -0.644. The van der Waals surface area contributed by atoms with Gasteiger partial charge in [-0.2, -0.15) is 0 Å². The van der Waals surface area contributed by atoms with E-state index in [0.29, 0.717) is 38.9 Å². The summed E-state index contributed by atoms with van der Waals surface area (Å²) >= 11 is 0. The predicted molar refractivity (Wildman–Crippen MR) is 148 cm³/mol. The monoisotopic (exact) mass is 552 g/mol. The highest BCUT2D eigenvalue weighted by Crippen LogP contribution is 2.38. The quantitative estimate of drug-likeness (QED) is 0.173. The van der Waals surface area contributed by atoms with E-state index >= 15 is 0 Å². The SMILES string of the molecule is C[C@@H](OCc1ccc(CCOCC(N)=O)cc1)[C@H](CCC(N)=O)N[N+](=O)[C@@H]1Cc2cccc3c2N1C(=O)CCC3. The van der Waals surface area contributed by atoms with E-state index in [1.165, 1.54) is 0 Å². The number of hydrogen-bond acceptors (Lipinski definition) is 6. The normalized spacial score (nSPS) is 17.6. The fourth-order valence-electron chi connectivity index (χ4n) is 5.25. The molecule has 40 heavy (non-hydrogen) atoms. The van der Waals surface area contributed by atoms with Crippen LogP contribution in [0.3, 0.4) is 0 Å². The Kier molecular flexibility index (Phi) is 9.84. The molecule has 0 aliphatic carbocycles. The van der Waals surface area contributed by atoms with E-state index in [-0.39, 0.29) is 18.9 Å². The Labute approximate surface area is 233 Å². The van der Waals surface area contributed by atoms with Crippen molar-refractivity contribution in [3.8, 4) is 0 Å². The fraction of sp³-hybridized carbons (Fsp3) is 0.483. The number of nitrogens with zero attached hydrogens (tertiary/aromatic N) is 2. The van der Waals surface area contributed by atoms with Crippen LogP contribution in [0.2, 0.25) is 0 Å². The number of nitrogens with one attached hydrogen (secondary N) is 1. The van der Waals surface area contributed by atoms with Crippen LogP contribution >= 0.6 is 0 Å². The van der Waals surface area contributed by atoms with Crippen LogP contribution in [0.1, 0.15) is 54.9 Å². The topological polar surface area (TPSA) is 157 Å². The zero-order valence-corrected chi connectivity index (χ0v) is 22.8. The first-order chi connectivity index (χ1) is 19.2. The van der Waals surface area contributed by atoms with Gasteiger partial charge in [0.05, 0.1) is 36.3 Å². The number of rotatable bonds is 15. The van der Waals surface area contributed by atoms with Crippen LogP contribution in [0, 0.1) is 4.91 Å². The van der Waals surface area contributed by atoms with Crippen molar-refractivity contribution in [2.75, 3.05) is 18.1 Å². The molecule has 214 valence electrons. The summed E-state index contributed by atoms with van der Waals surface area (Å²) < 4.78 is 11.3. The highest BCUT2D eigenvalue weighted by atomic mass is 16.5. The molecule has 0 fully saturated rings. The Balaban J connectivity index is 1.37. The Morgan fingerprint density at radius 1 is 1.07 bits per heavy atom. The number of aryl methyl sites for hydroxylation is 1. The summed E-state index contributed by atoms with van der Waals surface area (Å²) in [6, 6.07) is 13.3. The van der Waals surface area contributed by atoms with Crippen LogP contribution in [0.15, 0.2) is 42.5 Å². The van der Waals surface area contributed by atoms with Crippen molar-refractivity contribution in [3.63, 3.8) is 0 Å². The molecule has 2 aliphatic heterocycles. The summed E-state index contributed by atoms with van der Waals surface area (Å²) in [5.41, 5.74) is 18.4. The summed E-state index contributed by atoms with van der Waals surface area (Å²) in [5, 5.41) is 0. The largest absolute Gasteiger partial charge is 0.371 e. The molecule has 4 rings (SSSR count). The molecule has 0 radical (unpaired) electrons. The second-order valence-corrected chi connectivity index (χ2v) is 10.4. The van der Waals surface area contributed by atoms with Crippen LogP contribution in [0.25, 0.3) is 0 Å². The molecule has 0 bridgehead atoms. The van der Waals surface area contributed by atoms with Gasteiger partial charge in [0.1, 0.15) is 17.5 Å². The van der Waals surface area contributed by atoms with Gasteiger partial charge in [-0.25, -0.2) is 4.90 Å². The average molecular weight is 553 g/mol. The Hall–Kier alpha value is -3.83. The standard InChI is InChI=1S/C29H37N5O6/c1-19(40-17-21-10-8-20(9-11-21)14-15-39-18-26(31)36)24(12-13-25(30)35)32-34(38)27-16-23-6-2-4-22-5-3-7-28(37)33(27)29(22)23/h2,4,6,8-11,19,24,27H,3,5,7,12-18H2,1H3,(H4-,30,31,32,35,36,38)/p+1/t19-,24+,27-/m1/s1. The molecular formula is C29H38N5O6+. The lowest BCUT2D eigenvalue weighted by Crippen LogP contribution is -2.54. The molecule has 0 unspecified atom stereocenters. The van der Waals surface area contributed by atoms with Crippen LogP contribution in [0.4, 0.5) is 5.69 Å². The minimum Gasteiger partial charge on any atom is -0.371 e. The second kappa shape index (κ2) is 13.5. The Bertz CT molecular complexity index is 1230. The van der Waals surface area contributed by atoms with E-state index < -0.39 is 30.1 Å². The number of anilines is 1. The minimum atomic E-state index is -0.718. The third-order valence-corrected chi connectivity index (χ3v) is 7.40. The molecule has 3 atom stereocenters. The van der Waals surface area contributed by atoms with E-state index in [1.54, 1.807) is 4.90 Å². The van der Waals surface area contributed by atoms with Gasteiger partial charge in [0.15, 0.2) is 0 Å². The first-order valence-corrected chi connectivity index (χ1v) is 13.7. The van der Waals surface area contributed by atoms with Crippen molar-refractivity contribution in [1.29, 1.82) is 0 Å². The number of nitrogens with two attached hydrogens (primary N) is 2. The molecule has 0 aromatic heterocycles. The number of amides is 3. The maximum atomic E-state index is 13.5. The van der Waals surface area contributed by atoms with Crippen molar-refractivity contribution < 1.29 is 28.7 Å². The number of nitroso groups, excluding NO2 is 1. The van der Waals surface area contributed by atoms with E-state index in [9.17, 15) is 19.3 Å². The molecule has 5 N–H and O–H groups in total. The number of carbonyl (C=O) groups is 3. The molecule has 11 nitrogen and oxygen atoms in total. The fourth-order valence-corrected chi connectivity index (χ4v) is 5.25. The molecule has 2 aromatic carbocycles. The molecule has 3 amide bonds. The van der Waals surface area contributed by atoms with Crippen molar-refractivity contribution >= 4 is 23.4 Å². The molecule has 2 aliphatic rings. The summed E-state index contributed by atoms with van der Waals surface area (Å²) in [4.78, 5) is 51.2. The van der Waals surface area contributed by atoms with E-state index in [4.69, 9.17) is 20.9 Å². The van der Waals surface area contributed by atoms with Crippen molar-refractivity contribution in [3.05, 3.63) is 69.6 Å². The smallest absolute Gasteiger partial charge is 0.318 e. The predicted octanol–water partition coefficient (Wildman–Crippen LogP) is 1.81. The third kappa shape index (κ3) is 7.42. The van der Waals surface area contributed by atoms with Crippen LogP contribution in [-0.2, 0) is 49.7 Å². The maximum Gasteiger partial charge on any atom is 0.318 e. The highest BCUT2D eigenvalue weighted by Gasteiger charge is 2.46. The lowest BCUT2D eigenvalue weighted by Gasteiger charge is -2.24. The first kappa shape index (κ1) is 29.2. The summed E-state index contributed by atoms with van der Waals surface area (Å²) in [6.45, 7) is 2.44. The average Bonchev–Trinajstić information content (AvgIpc) is 3.24. The van der Waals surface area contributed by atoms with Crippen molar-refractivity contribution in [2.45, 2.75) is 76.8 Å². The summed E-state index contributed by atoms with van der Waals surface area (Å²) in [5.74, 6) is -1.02. The Morgan fingerprint density at radius 2 is 1.80 bits per heavy atom. The van der Waals surface area contributed by atoms with Crippen LogP contribution < -0.4 is 21.8 Å². The molecule has 2 aromatic rings. The van der Waals surface area contributed by atoms with E-state index in [0.717, 1.165) is 45.7 Å². The molecule has 11 heteroatoms. The van der Waals surface area contributed by atoms with Gasteiger partial charge in [-0.15, -0.1) is 5.43 Å². The van der Waals surface area contributed by atoms with Crippen molar-refractivity contribution in [2.24, 2.45) is 11.5 Å². The number of hydrazine groups is 1. The number of hydrogen-bond donors (Lipinski definition) is 3. The van der Waals surface area contributed by atoms with Gasteiger partial charge >= 0.3 is 6.17 Å². The maximum absolute atomic E-state index is 13.5. The van der Waals surface area contributed by atoms with Crippen molar-refractivity contribution in [1.82, 2.24) is 5.43 Å². The molecule has 0 spiro atoms. The van der Waals surface area contributed by atoms with Gasteiger partial charge < -0.3 is 20.9 Å². The Morgan fingerprint density at radius 3 is 2.52 bits per heavy atom. The van der Waals surface area contributed by atoms with Gasteiger partial charge in [-0.3, -0.25) is 14.4 Å². The summed E-state index contributed by atoms with van der Waals surface area (Å²) in [6.07, 6.45) is 2.26. The minimum absolute atomic E-state index is 0.0581. The zero-order chi connectivity index (χ0) is 28.6. The van der Waals surface area contributed by atoms with Gasteiger partial charge in [-0.1, -0.05) is 42.5 Å². The number of benzene rings is 2. The number of para-hydroxylation sites is 1. The van der Waals surface area contributed by atoms with Crippen LogP contribution in [0.5, 0.6) is 0 Å². The lowest BCUT2D eigenvalue weighted by atomic mass is 10.0. The number of carbonyl (C=O) groups excluding carboxylic acids is 3. The van der Waals surface area contributed by atoms with Gasteiger partial charge in [0.2, 0.25) is 17.7 Å². The van der Waals surface area contributed by atoms with Crippen LogP contribution in [-0.4, -0.2) is 54.1 Å². The van der Waals surface area contributed by atoms with Gasteiger partial charge in [0, 0.05) is 12.8 Å².